The molecule has 1 saturated heterocycles. The third-order valence-electron chi connectivity index (χ3n) is 7.38. The lowest BCUT2D eigenvalue weighted by molar-refractivity contribution is -0.128. The summed E-state index contributed by atoms with van der Waals surface area (Å²) in [6, 6.07) is 11.2. The van der Waals surface area contributed by atoms with Gasteiger partial charge in [0.15, 0.2) is 0 Å². The van der Waals surface area contributed by atoms with Crippen molar-refractivity contribution in [1.29, 1.82) is 0 Å². The number of benzene rings is 1. The van der Waals surface area contributed by atoms with Crippen molar-refractivity contribution in [3.05, 3.63) is 59.9 Å². The van der Waals surface area contributed by atoms with Crippen molar-refractivity contribution >= 4 is 17.5 Å². The third-order valence-corrected chi connectivity index (χ3v) is 7.38. The topological polar surface area (TPSA) is 74.3 Å². The molecule has 6 nitrogen and oxygen atoms in total. The molecule has 3 atom stereocenters. The molecular weight excluding hydrogens is 436 g/mol. The van der Waals surface area contributed by atoms with Gasteiger partial charge in [0, 0.05) is 35.7 Å². The number of rotatable bonds is 6. The highest BCUT2D eigenvalue weighted by Crippen LogP contribution is 2.32. The number of nitrogens with zero attached hydrogens (tertiary/aromatic N) is 2. The van der Waals surface area contributed by atoms with Crippen LogP contribution >= 0.6 is 0 Å². The minimum absolute atomic E-state index is 0.00306. The van der Waals surface area contributed by atoms with Crippen LogP contribution in [0.5, 0.6) is 0 Å². The Morgan fingerprint density at radius 3 is 2.31 bits per heavy atom. The van der Waals surface area contributed by atoms with Crippen molar-refractivity contribution in [2.24, 2.45) is 0 Å². The molecular formula is C29H40N4O2. The second kappa shape index (κ2) is 10.9. The van der Waals surface area contributed by atoms with Crippen LogP contribution in [0.4, 0.5) is 5.69 Å². The number of amides is 2. The molecule has 2 fully saturated rings. The zero-order chi connectivity index (χ0) is 25.0. The van der Waals surface area contributed by atoms with E-state index in [9.17, 15) is 9.59 Å². The Bertz CT molecular complexity index is 994. The largest absolute Gasteiger partial charge is 0.351 e. The standard InChI is InChI=1S/C29H40N4O2/c1-20-12-17-25(31-20)28(35)33(24-15-13-22(14-16-24)29(2,3)4)26(21-9-8-18-30-19-21)27(34)32-23-10-6-5-7-11-23/h8-9,13-16,18-20,23,25-26,31H,5-7,10-12,17H2,1-4H3,(H,32,34)/t20-,25-,26?/m1/s1. The maximum Gasteiger partial charge on any atom is 0.248 e. The highest BCUT2D eigenvalue weighted by Gasteiger charge is 2.39. The highest BCUT2D eigenvalue weighted by atomic mass is 16.2. The second-order valence-corrected chi connectivity index (χ2v) is 11.2. The molecule has 1 aliphatic carbocycles. The molecule has 1 aromatic heterocycles. The maximum atomic E-state index is 14.0. The van der Waals surface area contributed by atoms with E-state index in [2.05, 4.69) is 55.4 Å². The average Bonchev–Trinajstić information content (AvgIpc) is 3.29. The summed E-state index contributed by atoms with van der Waals surface area (Å²) in [6.45, 7) is 8.62. The molecule has 2 N–H and O–H groups in total. The van der Waals surface area contributed by atoms with Gasteiger partial charge in [0.1, 0.15) is 6.04 Å². The molecule has 6 heteroatoms. The van der Waals surface area contributed by atoms with Crippen molar-refractivity contribution < 1.29 is 9.59 Å². The fraction of sp³-hybridized carbons (Fsp3) is 0.552. The van der Waals surface area contributed by atoms with E-state index < -0.39 is 6.04 Å². The van der Waals surface area contributed by atoms with Crippen molar-refractivity contribution in [2.45, 2.75) is 102 Å². The number of hydrogen-bond acceptors (Lipinski definition) is 4. The summed E-state index contributed by atoms with van der Waals surface area (Å²) < 4.78 is 0. The summed E-state index contributed by atoms with van der Waals surface area (Å²) in [7, 11) is 0. The molecule has 1 saturated carbocycles. The first-order chi connectivity index (χ1) is 16.7. The number of carbonyl (C=O) groups is 2. The Labute approximate surface area is 209 Å². The lowest BCUT2D eigenvalue weighted by Crippen LogP contribution is -2.52. The van der Waals surface area contributed by atoms with Crippen LogP contribution in [0.25, 0.3) is 0 Å². The van der Waals surface area contributed by atoms with Gasteiger partial charge in [0.05, 0.1) is 6.04 Å². The van der Waals surface area contributed by atoms with Gasteiger partial charge < -0.3 is 10.6 Å². The van der Waals surface area contributed by atoms with E-state index in [0.29, 0.717) is 0 Å². The summed E-state index contributed by atoms with van der Waals surface area (Å²) in [5, 5.41) is 6.70. The van der Waals surface area contributed by atoms with Gasteiger partial charge >= 0.3 is 0 Å². The van der Waals surface area contributed by atoms with Gasteiger partial charge in [-0.1, -0.05) is 58.2 Å². The number of anilines is 1. The van der Waals surface area contributed by atoms with Gasteiger partial charge in [0.2, 0.25) is 11.8 Å². The quantitative estimate of drug-likeness (QED) is 0.612. The minimum atomic E-state index is -0.781. The van der Waals surface area contributed by atoms with E-state index in [1.54, 1.807) is 17.3 Å². The molecule has 1 aromatic carbocycles. The van der Waals surface area contributed by atoms with E-state index in [0.717, 1.165) is 49.8 Å². The summed E-state index contributed by atoms with van der Waals surface area (Å²) in [4.78, 5) is 33.9. The zero-order valence-corrected chi connectivity index (χ0v) is 21.6. The third kappa shape index (κ3) is 6.10. The van der Waals surface area contributed by atoms with Crippen LogP contribution in [0.1, 0.15) is 89.8 Å². The van der Waals surface area contributed by atoms with E-state index in [1.165, 1.54) is 12.0 Å². The molecule has 2 aromatic rings. The van der Waals surface area contributed by atoms with Gasteiger partial charge in [0.25, 0.3) is 0 Å². The van der Waals surface area contributed by atoms with Gasteiger partial charge in [-0.15, -0.1) is 0 Å². The highest BCUT2D eigenvalue weighted by molar-refractivity contribution is 6.04. The molecule has 0 spiro atoms. The number of pyridine rings is 1. The normalized spacial score (nSPS) is 21.9. The first-order valence-electron chi connectivity index (χ1n) is 13.1. The molecule has 4 rings (SSSR count). The number of hydrogen-bond donors (Lipinski definition) is 2. The van der Waals surface area contributed by atoms with E-state index in [1.807, 2.05) is 24.3 Å². The SMILES string of the molecule is C[C@@H]1CC[C@H](C(=O)N(c2ccc(C(C)(C)C)cc2)C(C(=O)NC2CCCCC2)c2cccnc2)N1. The molecule has 2 heterocycles. The maximum absolute atomic E-state index is 14.0. The van der Waals surface area contributed by atoms with E-state index in [-0.39, 0.29) is 35.4 Å². The summed E-state index contributed by atoms with van der Waals surface area (Å²) in [5.41, 5.74) is 2.64. The molecule has 2 aliphatic rings. The summed E-state index contributed by atoms with van der Waals surface area (Å²) in [5.74, 6) is -0.199. The number of nitrogens with one attached hydrogen (secondary N) is 2. The molecule has 2 amide bonds. The fourth-order valence-electron chi connectivity index (χ4n) is 5.30. The van der Waals surface area contributed by atoms with Crippen molar-refractivity contribution in [3.8, 4) is 0 Å². The molecule has 35 heavy (non-hydrogen) atoms. The van der Waals surface area contributed by atoms with Crippen LogP contribution in [0.2, 0.25) is 0 Å². The zero-order valence-electron chi connectivity index (χ0n) is 21.6. The second-order valence-electron chi connectivity index (χ2n) is 11.2. The Hall–Kier alpha value is -2.73. The Morgan fingerprint density at radius 1 is 1.03 bits per heavy atom. The molecule has 0 bridgehead atoms. The van der Waals surface area contributed by atoms with Crippen molar-refractivity contribution in [2.75, 3.05) is 4.90 Å². The minimum Gasteiger partial charge on any atom is -0.351 e. The van der Waals surface area contributed by atoms with Gasteiger partial charge in [-0.25, -0.2) is 0 Å². The van der Waals surface area contributed by atoms with E-state index >= 15 is 0 Å². The lowest BCUT2D eigenvalue weighted by atomic mass is 9.87. The first kappa shape index (κ1) is 25.4. The smallest absolute Gasteiger partial charge is 0.248 e. The Morgan fingerprint density at radius 2 is 1.74 bits per heavy atom. The van der Waals surface area contributed by atoms with Gasteiger partial charge in [-0.3, -0.25) is 19.5 Å². The van der Waals surface area contributed by atoms with Gasteiger partial charge in [-0.2, -0.15) is 0 Å². The molecule has 0 radical (unpaired) electrons. The Balaban J connectivity index is 1.74. The number of aromatic nitrogens is 1. The molecule has 1 aliphatic heterocycles. The van der Waals surface area contributed by atoms with Crippen LogP contribution in [-0.2, 0) is 15.0 Å². The lowest BCUT2D eigenvalue weighted by Gasteiger charge is -2.35. The monoisotopic (exact) mass is 476 g/mol. The summed E-state index contributed by atoms with van der Waals surface area (Å²) >= 11 is 0. The van der Waals surface area contributed by atoms with E-state index in [4.69, 9.17) is 0 Å². The van der Waals surface area contributed by atoms with Crippen LogP contribution in [0.15, 0.2) is 48.8 Å². The fourth-order valence-corrected chi connectivity index (χ4v) is 5.30. The number of carbonyl (C=O) groups excluding carboxylic acids is 2. The predicted octanol–water partition coefficient (Wildman–Crippen LogP) is 5.04. The predicted molar refractivity (Wildman–Crippen MR) is 140 cm³/mol. The van der Waals surface area contributed by atoms with Crippen molar-refractivity contribution in [1.82, 2.24) is 15.6 Å². The average molecular weight is 477 g/mol. The van der Waals surface area contributed by atoms with Crippen LogP contribution in [0.3, 0.4) is 0 Å². The molecule has 1 unspecified atom stereocenters. The van der Waals surface area contributed by atoms with Crippen LogP contribution < -0.4 is 15.5 Å². The van der Waals surface area contributed by atoms with Crippen molar-refractivity contribution in [3.63, 3.8) is 0 Å². The summed E-state index contributed by atoms with van der Waals surface area (Å²) in [6.07, 6.45) is 10.6. The first-order valence-corrected chi connectivity index (χ1v) is 13.1. The Kier molecular flexibility index (Phi) is 7.90. The van der Waals surface area contributed by atoms with Crippen LogP contribution in [-0.4, -0.2) is 34.9 Å². The van der Waals surface area contributed by atoms with Crippen LogP contribution in [0, 0.1) is 0 Å². The molecule has 188 valence electrons. The van der Waals surface area contributed by atoms with Gasteiger partial charge in [-0.05, 0) is 61.8 Å².